The molecule has 0 bridgehead atoms. The summed E-state index contributed by atoms with van der Waals surface area (Å²) in [6, 6.07) is 0.464. The molecule has 2 fully saturated rings. The molecule has 2 atom stereocenters. The van der Waals surface area contributed by atoms with Crippen molar-refractivity contribution < 1.29 is 0 Å². The highest BCUT2D eigenvalue weighted by molar-refractivity contribution is 5.14. The molecule has 3 aliphatic rings. The summed E-state index contributed by atoms with van der Waals surface area (Å²) in [6.07, 6.45) is 11.2. The van der Waals surface area contributed by atoms with Gasteiger partial charge in [0.25, 0.3) is 0 Å². The van der Waals surface area contributed by atoms with E-state index < -0.39 is 0 Å². The molecule has 0 amide bonds. The van der Waals surface area contributed by atoms with Crippen molar-refractivity contribution in [1.29, 1.82) is 0 Å². The van der Waals surface area contributed by atoms with Gasteiger partial charge in [0.05, 0.1) is 6.04 Å². The summed E-state index contributed by atoms with van der Waals surface area (Å²) in [6.45, 7) is 4.57. The normalized spacial score (nSPS) is 40.6. The Balaban J connectivity index is 1.82. The Morgan fingerprint density at radius 2 is 2.06 bits per heavy atom. The van der Waals surface area contributed by atoms with Gasteiger partial charge in [-0.25, -0.2) is 5.32 Å². The maximum atomic E-state index is 5.04. The molecule has 3 rings (SSSR count). The van der Waals surface area contributed by atoms with Gasteiger partial charge in [0.15, 0.2) is 0 Å². The van der Waals surface area contributed by atoms with E-state index in [2.05, 4.69) is 22.4 Å². The molecular weight excluding hydrogens is 198 g/mol. The molecule has 1 N–H and O–H groups in total. The number of likely N-dealkylation sites (tertiary alicyclic amines) is 1. The Hall–Kier alpha value is -0.380. The van der Waals surface area contributed by atoms with Crippen LogP contribution in [-0.2, 0) is 0 Å². The standard InChI is InChI=1S/C13H22N3/c1-2-9-15-13(7-1,12-6-5-8-14-12)16-10-3-4-11-16/h5-6,12,14H,1-4,7-11H2. The third-order valence-electron chi connectivity index (χ3n) is 4.27. The first-order valence-electron chi connectivity index (χ1n) is 6.76. The van der Waals surface area contributed by atoms with Crippen LogP contribution in [0.2, 0.25) is 0 Å². The van der Waals surface area contributed by atoms with E-state index in [-0.39, 0.29) is 5.66 Å². The molecule has 0 aliphatic carbocycles. The zero-order chi connectivity index (χ0) is 10.8. The number of rotatable bonds is 2. The summed E-state index contributed by atoms with van der Waals surface area (Å²) in [5, 5.41) is 8.63. The molecule has 2 unspecified atom stereocenters. The maximum absolute atomic E-state index is 5.04. The van der Waals surface area contributed by atoms with Crippen molar-refractivity contribution in [1.82, 2.24) is 15.5 Å². The van der Waals surface area contributed by atoms with Gasteiger partial charge in [-0.2, -0.15) is 0 Å². The molecule has 89 valence electrons. The van der Waals surface area contributed by atoms with Crippen molar-refractivity contribution in [3.05, 3.63) is 12.2 Å². The topological polar surface area (TPSA) is 29.4 Å². The largest absolute Gasteiger partial charge is 0.304 e. The maximum Gasteiger partial charge on any atom is 0.106 e. The van der Waals surface area contributed by atoms with Gasteiger partial charge in [-0.3, -0.25) is 4.90 Å². The highest BCUT2D eigenvalue weighted by atomic mass is 15.4. The smallest absolute Gasteiger partial charge is 0.106 e. The molecule has 0 spiro atoms. The fourth-order valence-electron chi connectivity index (χ4n) is 3.45. The third kappa shape index (κ3) is 1.71. The quantitative estimate of drug-likeness (QED) is 0.706. The lowest BCUT2D eigenvalue weighted by molar-refractivity contribution is 0.0266. The van der Waals surface area contributed by atoms with Gasteiger partial charge in [-0.05, 0) is 32.1 Å². The Bertz CT molecular complexity index is 262. The van der Waals surface area contributed by atoms with Gasteiger partial charge in [0.1, 0.15) is 5.66 Å². The fraction of sp³-hybridized carbons (Fsp3) is 0.846. The van der Waals surface area contributed by atoms with Gasteiger partial charge >= 0.3 is 0 Å². The summed E-state index contributed by atoms with van der Waals surface area (Å²) >= 11 is 0. The SMILES string of the molecule is C1=CC(C2(N3CCCC3)CCCC[N]2)NC1. The molecule has 0 aromatic rings. The van der Waals surface area contributed by atoms with Crippen LogP contribution in [-0.4, -0.2) is 42.8 Å². The molecule has 16 heavy (non-hydrogen) atoms. The molecule has 3 aliphatic heterocycles. The molecule has 0 aromatic carbocycles. The molecule has 2 saturated heterocycles. The van der Waals surface area contributed by atoms with E-state index in [0.717, 1.165) is 13.1 Å². The van der Waals surface area contributed by atoms with Crippen LogP contribution in [0.15, 0.2) is 12.2 Å². The Morgan fingerprint density at radius 3 is 2.69 bits per heavy atom. The van der Waals surface area contributed by atoms with Crippen LogP contribution in [0.25, 0.3) is 0 Å². The van der Waals surface area contributed by atoms with Crippen molar-refractivity contribution in [2.24, 2.45) is 0 Å². The number of nitrogens with one attached hydrogen (secondary N) is 1. The average molecular weight is 220 g/mol. The predicted molar refractivity (Wildman–Crippen MR) is 65.3 cm³/mol. The van der Waals surface area contributed by atoms with Gasteiger partial charge in [-0.15, -0.1) is 0 Å². The minimum Gasteiger partial charge on any atom is -0.304 e. The van der Waals surface area contributed by atoms with E-state index in [0.29, 0.717) is 6.04 Å². The monoisotopic (exact) mass is 220 g/mol. The third-order valence-corrected chi connectivity index (χ3v) is 4.27. The molecule has 3 heterocycles. The minimum atomic E-state index is 0.0990. The first-order chi connectivity index (χ1) is 7.92. The highest BCUT2D eigenvalue weighted by Crippen LogP contribution is 2.33. The number of hydrogen-bond donors (Lipinski definition) is 1. The van der Waals surface area contributed by atoms with Gasteiger partial charge in [0.2, 0.25) is 0 Å². The van der Waals surface area contributed by atoms with Crippen LogP contribution >= 0.6 is 0 Å². The van der Waals surface area contributed by atoms with E-state index in [1.807, 2.05) is 0 Å². The number of nitrogens with zero attached hydrogens (tertiary/aromatic N) is 2. The molecule has 0 aromatic heterocycles. The van der Waals surface area contributed by atoms with E-state index in [4.69, 9.17) is 5.32 Å². The first-order valence-corrected chi connectivity index (χ1v) is 6.76. The number of hydrogen-bond acceptors (Lipinski definition) is 2. The second-order valence-corrected chi connectivity index (χ2v) is 5.23. The van der Waals surface area contributed by atoms with Crippen LogP contribution in [0.3, 0.4) is 0 Å². The Labute approximate surface area is 98.3 Å². The number of piperidine rings is 1. The van der Waals surface area contributed by atoms with Crippen molar-refractivity contribution in [3.63, 3.8) is 0 Å². The van der Waals surface area contributed by atoms with Crippen LogP contribution in [0.4, 0.5) is 0 Å². The Morgan fingerprint density at radius 1 is 1.19 bits per heavy atom. The predicted octanol–water partition coefficient (Wildman–Crippen LogP) is 1.09. The fourth-order valence-corrected chi connectivity index (χ4v) is 3.45. The zero-order valence-corrected chi connectivity index (χ0v) is 9.99. The Kier molecular flexibility index (Phi) is 3.01. The van der Waals surface area contributed by atoms with E-state index in [1.54, 1.807) is 0 Å². The summed E-state index contributed by atoms with van der Waals surface area (Å²) in [4.78, 5) is 2.64. The summed E-state index contributed by atoms with van der Waals surface area (Å²) in [7, 11) is 0. The van der Waals surface area contributed by atoms with Crippen molar-refractivity contribution in [2.45, 2.75) is 43.8 Å². The van der Waals surface area contributed by atoms with Crippen molar-refractivity contribution >= 4 is 0 Å². The van der Waals surface area contributed by atoms with Crippen LogP contribution in [0.5, 0.6) is 0 Å². The average Bonchev–Trinajstić information content (AvgIpc) is 3.04. The van der Waals surface area contributed by atoms with Crippen molar-refractivity contribution in [3.8, 4) is 0 Å². The zero-order valence-electron chi connectivity index (χ0n) is 9.99. The first kappa shape index (κ1) is 10.8. The lowest BCUT2D eigenvalue weighted by Crippen LogP contribution is -2.65. The second-order valence-electron chi connectivity index (χ2n) is 5.23. The lowest BCUT2D eigenvalue weighted by Gasteiger charge is -2.47. The van der Waals surface area contributed by atoms with Crippen molar-refractivity contribution in [2.75, 3.05) is 26.2 Å². The highest BCUT2D eigenvalue weighted by Gasteiger charge is 2.45. The van der Waals surface area contributed by atoms with Crippen LogP contribution in [0.1, 0.15) is 32.1 Å². The summed E-state index contributed by atoms with van der Waals surface area (Å²) in [5.41, 5.74) is 0.0990. The van der Waals surface area contributed by atoms with Crippen LogP contribution < -0.4 is 10.6 Å². The van der Waals surface area contributed by atoms with E-state index >= 15 is 0 Å². The molecular formula is C13H22N3. The second kappa shape index (κ2) is 4.47. The molecule has 1 radical (unpaired) electrons. The molecule has 3 nitrogen and oxygen atoms in total. The van der Waals surface area contributed by atoms with Gasteiger partial charge in [0, 0.05) is 26.2 Å². The molecule has 0 saturated carbocycles. The lowest BCUT2D eigenvalue weighted by atomic mass is 9.89. The minimum absolute atomic E-state index is 0.0990. The molecule has 3 heteroatoms. The van der Waals surface area contributed by atoms with Gasteiger partial charge < -0.3 is 5.32 Å². The van der Waals surface area contributed by atoms with Crippen LogP contribution in [0, 0.1) is 0 Å². The summed E-state index contributed by atoms with van der Waals surface area (Å²) < 4.78 is 0. The van der Waals surface area contributed by atoms with Gasteiger partial charge in [-0.1, -0.05) is 12.2 Å². The van der Waals surface area contributed by atoms with E-state index in [1.165, 1.54) is 45.2 Å². The van der Waals surface area contributed by atoms with E-state index in [9.17, 15) is 0 Å². The summed E-state index contributed by atoms with van der Waals surface area (Å²) in [5.74, 6) is 0.